The molecule has 0 spiro atoms. The summed E-state index contributed by atoms with van der Waals surface area (Å²) in [6.07, 6.45) is 1.26. The molecular weight excluding hydrogens is 81.0 g/mol. The van der Waals surface area contributed by atoms with E-state index in [-0.39, 0.29) is 5.28 Å². The van der Waals surface area contributed by atoms with E-state index in [1.54, 1.807) is 0 Å². The maximum Gasteiger partial charge on any atom is 0.0336 e. The van der Waals surface area contributed by atoms with Crippen LogP contribution in [0.15, 0.2) is 0 Å². The minimum atomic E-state index is 0.278. The minimum Gasteiger partial charge on any atom is -0.322 e. The molecular formula is C3H8NP. The van der Waals surface area contributed by atoms with Gasteiger partial charge in [-0.3, -0.25) is 0 Å². The Morgan fingerprint density at radius 3 is 2.20 bits per heavy atom. The Labute approximate surface area is 33.7 Å². The molecule has 1 saturated heterocycles. The lowest BCUT2D eigenvalue weighted by Crippen LogP contribution is -2.14. The molecule has 5 heavy (non-hydrogen) atoms. The van der Waals surface area contributed by atoms with Gasteiger partial charge in [0, 0.05) is 5.28 Å². The van der Waals surface area contributed by atoms with Crippen molar-refractivity contribution in [2.45, 2.75) is 12.2 Å². The first-order valence-electron chi connectivity index (χ1n) is 1.75. The molecule has 0 saturated carbocycles. The van der Waals surface area contributed by atoms with E-state index in [0.717, 1.165) is 8.58 Å². The molecule has 2 atom stereocenters. The lowest BCUT2D eigenvalue weighted by atomic mass is 10.4. The van der Waals surface area contributed by atoms with Gasteiger partial charge < -0.3 is 5.73 Å². The maximum absolute atomic E-state index is 5.48. The Balaban J connectivity index is 2.38. The number of hydrogen-bond acceptors (Lipinski definition) is 1. The van der Waals surface area contributed by atoms with Gasteiger partial charge in [0.25, 0.3) is 0 Å². The molecule has 0 aromatic carbocycles. The molecule has 2 N–H and O–H groups in total. The van der Waals surface area contributed by atoms with Crippen molar-refractivity contribution < 1.29 is 0 Å². The van der Waals surface area contributed by atoms with Crippen molar-refractivity contribution in [1.82, 2.24) is 0 Å². The molecule has 0 aliphatic carbocycles. The largest absolute Gasteiger partial charge is 0.322 e. The van der Waals surface area contributed by atoms with Crippen molar-refractivity contribution in [3.05, 3.63) is 0 Å². The van der Waals surface area contributed by atoms with Gasteiger partial charge in [-0.2, -0.15) is 0 Å². The topological polar surface area (TPSA) is 26.0 Å². The van der Waals surface area contributed by atoms with Gasteiger partial charge in [-0.1, -0.05) is 8.58 Å². The SMILES string of the molecule is CC1(N)CP1. The summed E-state index contributed by atoms with van der Waals surface area (Å²) in [5.74, 6) is 0. The maximum atomic E-state index is 5.48. The average Bonchev–Trinajstić information content (AvgIpc) is 1.76. The second-order valence-corrected chi connectivity index (χ2v) is 3.62. The zero-order valence-corrected chi connectivity index (χ0v) is 4.28. The van der Waals surface area contributed by atoms with Gasteiger partial charge in [0.2, 0.25) is 0 Å². The Morgan fingerprint density at radius 1 is 2.00 bits per heavy atom. The zero-order chi connectivity index (χ0) is 3.91. The summed E-state index contributed by atoms with van der Waals surface area (Å²) < 4.78 is 0. The Bertz CT molecular complexity index is 44.9. The van der Waals surface area contributed by atoms with Crippen LogP contribution in [-0.2, 0) is 0 Å². The molecule has 1 aliphatic heterocycles. The first kappa shape index (κ1) is 3.58. The summed E-state index contributed by atoms with van der Waals surface area (Å²) in [4.78, 5) is 0. The van der Waals surface area contributed by atoms with Crippen molar-refractivity contribution in [3.63, 3.8) is 0 Å². The third-order valence-corrected chi connectivity index (χ3v) is 2.20. The van der Waals surface area contributed by atoms with Crippen LogP contribution >= 0.6 is 8.58 Å². The van der Waals surface area contributed by atoms with E-state index in [0.29, 0.717) is 0 Å². The molecule has 2 heteroatoms. The summed E-state index contributed by atoms with van der Waals surface area (Å²) in [6, 6.07) is 0. The molecule has 0 bridgehead atoms. The first-order valence-corrected chi connectivity index (χ1v) is 2.95. The average molecular weight is 89.1 g/mol. The van der Waals surface area contributed by atoms with E-state index in [1.165, 1.54) is 6.16 Å². The van der Waals surface area contributed by atoms with Crippen molar-refractivity contribution in [3.8, 4) is 0 Å². The van der Waals surface area contributed by atoms with Crippen LogP contribution in [0.1, 0.15) is 6.92 Å². The Hall–Kier alpha value is 0.390. The molecule has 1 nitrogen and oxygen atoms in total. The second kappa shape index (κ2) is 0.717. The number of nitrogens with two attached hydrogens (primary N) is 1. The molecule has 30 valence electrons. The standard InChI is InChI=1S/C3H8NP/c1-3(4)2-5-3/h5H,2,4H2,1H3. The second-order valence-electron chi connectivity index (χ2n) is 1.77. The van der Waals surface area contributed by atoms with Crippen LogP contribution in [0.5, 0.6) is 0 Å². The fourth-order valence-corrected chi connectivity index (χ4v) is 0.418. The van der Waals surface area contributed by atoms with Crippen LogP contribution in [0.3, 0.4) is 0 Å². The molecule has 1 heterocycles. The van der Waals surface area contributed by atoms with Crippen LogP contribution in [0.25, 0.3) is 0 Å². The zero-order valence-electron chi connectivity index (χ0n) is 3.28. The Morgan fingerprint density at radius 2 is 2.20 bits per heavy atom. The third-order valence-electron chi connectivity index (χ3n) is 0.734. The third kappa shape index (κ3) is 0.863. The monoisotopic (exact) mass is 89.0 g/mol. The van der Waals surface area contributed by atoms with Crippen LogP contribution in [0.4, 0.5) is 0 Å². The van der Waals surface area contributed by atoms with Crippen molar-refractivity contribution in [2.75, 3.05) is 6.16 Å². The summed E-state index contributed by atoms with van der Waals surface area (Å²) in [7, 11) is 1.04. The molecule has 1 fully saturated rings. The summed E-state index contributed by atoms with van der Waals surface area (Å²) >= 11 is 0. The summed E-state index contributed by atoms with van der Waals surface area (Å²) in [6.45, 7) is 2.09. The molecule has 1 aliphatic rings. The van der Waals surface area contributed by atoms with Crippen LogP contribution in [0.2, 0.25) is 0 Å². The predicted octanol–water partition coefficient (Wildman–Crippen LogP) is 0.353. The number of rotatable bonds is 0. The molecule has 1 rings (SSSR count). The van der Waals surface area contributed by atoms with Crippen LogP contribution < -0.4 is 5.73 Å². The van der Waals surface area contributed by atoms with E-state index in [4.69, 9.17) is 5.73 Å². The predicted molar refractivity (Wildman–Crippen MR) is 25.8 cm³/mol. The van der Waals surface area contributed by atoms with Gasteiger partial charge >= 0.3 is 0 Å². The lowest BCUT2D eigenvalue weighted by molar-refractivity contribution is 0.852. The van der Waals surface area contributed by atoms with Gasteiger partial charge in [-0.15, -0.1) is 0 Å². The quantitative estimate of drug-likeness (QED) is 0.426. The van der Waals surface area contributed by atoms with Crippen molar-refractivity contribution >= 4 is 8.58 Å². The summed E-state index contributed by atoms with van der Waals surface area (Å²) in [5.41, 5.74) is 5.48. The highest BCUT2D eigenvalue weighted by Gasteiger charge is 2.31. The highest BCUT2D eigenvalue weighted by Crippen LogP contribution is 2.45. The molecule has 0 aromatic rings. The molecule has 0 aromatic heterocycles. The van der Waals surface area contributed by atoms with E-state index < -0.39 is 0 Å². The first-order chi connectivity index (χ1) is 2.21. The van der Waals surface area contributed by atoms with Gasteiger partial charge in [0.15, 0.2) is 0 Å². The molecule has 2 unspecified atom stereocenters. The van der Waals surface area contributed by atoms with Crippen LogP contribution in [-0.4, -0.2) is 11.4 Å². The van der Waals surface area contributed by atoms with Crippen molar-refractivity contribution in [1.29, 1.82) is 0 Å². The minimum absolute atomic E-state index is 0.278. The lowest BCUT2D eigenvalue weighted by Gasteiger charge is -1.87. The van der Waals surface area contributed by atoms with E-state index in [2.05, 4.69) is 6.92 Å². The van der Waals surface area contributed by atoms with Gasteiger partial charge in [0.05, 0.1) is 0 Å². The highest BCUT2D eigenvalue weighted by atomic mass is 31.1. The van der Waals surface area contributed by atoms with Crippen molar-refractivity contribution in [2.24, 2.45) is 5.73 Å². The number of hydrogen-bond donors (Lipinski definition) is 1. The molecule has 0 radical (unpaired) electrons. The fourth-order valence-electron chi connectivity index (χ4n) is 0.139. The van der Waals surface area contributed by atoms with Gasteiger partial charge in [-0.05, 0) is 13.1 Å². The van der Waals surface area contributed by atoms with Gasteiger partial charge in [-0.25, -0.2) is 0 Å². The fraction of sp³-hybridized carbons (Fsp3) is 1.00. The van der Waals surface area contributed by atoms with Crippen LogP contribution in [0, 0.1) is 0 Å². The highest BCUT2D eigenvalue weighted by molar-refractivity contribution is 7.49. The van der Waals surface area contributed by atoms with E-state index in [1.807, 2.05) is 0 Å². The normalized spacial score (nSPS) is 54.0. The molecule has 0 amide bonds. The summed E-state index contributed by atoms with van der Waals surface area (Å²) in [5, 5.41) is 0.278. The van der Waals surface area contributed by atoms with Gasteiger partial charge in [0.1, 0.15) is 0 Å². The van der Waals surface area contributed by atoms with E-state index in [9.17, 15) is 0 Å². The smallest absolute Gasteiger partial charge is 0.0336 e. The van der Waals surface area contributed by atoms with E-state index >= 15 is 0 Å². The Kier molecular flexibility index (Phi) is 0.513.